The molecule has 5 aliphatic rings. The van der Waals surface area contributed by atoms with Crippen molar-refractivity contribution in [2.24, 2.45) is 5.92 Å². The molecule has 2 aliphatic heterocycles. The first kappa shape index (κ1) is 120. The van der Waals surface area contributed by atoms with Crippen molar-refractivity contribution in [1.29, 1.82) is 0 Å². The SMILES string of the molecule is CCC(C)c1cc(O)c(O)c(OC2(C)CCCC2)c1.CCC(C)c1cc(OC(C)(C)C)cc(OC(C)(C)C)c1.CCC(C)c1ccc(OC(C)(C)C)c(OC(OC)C(C)C)c1.CCC(C)c1ccc(OC(C)(C)CC)c(OC(C)(C)CC)c1.CCC(C)c1ccc(OC2CCc3ccccc32)c(OC2CCc3ccccc32)c1.CCC(C)c1ccc2c(c1)OC(OC(C)C)O2.CCC(C)c1ccc2c(c1)OC(OC)O2. The fraction of sp³-hybridized carbons (Fsp3) is 0.575. The molecule has 12 unspecified atom stereocenters. The normalized spacial score (nSPS) is 17.4. The van der Waals surface area contributed by atoms with E-state index in [4.69, 9.17) is 75.8 Å². The molecule has 0 aromatic heterocycles. The Labute approximate surface area is 875 Å². The minimum absolute atomic E-state index is 0.0864. The van der Waals surface area contributed by atoms with Crippen molar-refractivity contribution in [3.05, 3.63) is 231 Å². The van der Waals surface area contributed by atoms with Gasteiger partial charge in [-0.05, 0) is 407 Å². The van der Waals surface area contributed by atoms with Gasteiger partial charge in [0, 0.05) is 26.2 Å². The molecule has 2 N–H and O–H groups in total. The number of aryl methyl sites for hydroxylation is 2. The zero-order chi connectivity index (χ0) is 107. The first-order valence-electron chi connectivity index (χ1n) is 54.4. The summed E-state index contributed by atoms with van der Waals surface area (Å²) in [6.45, 7) is 71.0. The average Bonchev–Trinajstić information content (AvgIpc) is 1.56. The van der Waals surface area contributed by atoms with E-state index in [0.29, 0.717) is 47.2 Å². The molecule has 0 bridgehead atoms. The Morgan fingerprint density at radius 2 is 0.717 bits per heavy atom. The largest absolute Gasteiger partial charge is 0.504 e. The van der Waals surface area contributed by atoms with E-state index in [2.05, 4.69) is 322 Å². The van der Waals surface area contributed by atoms with Gasteiger partial charge in [-0.15, -0.1) is 0 Å². The number of benzene rings is 9. The highest BCUT2D eigenvalue weighted by Crippen LogP contribution is 2.49. The van der Waals surface area contributed by atoms with Crippen LogP contribution in [0.5, 0.6) is 86.2 Å². The lowest BCUT2D eigenvalue weighted by atomic mass is 9.97. The maximum atomic E-state index is 9.98. The summed E-state index contributed by atoms with van der Waals surface area (Å²) in [5.41, 5.74) is 12.9. The molecular weight excluding hydrogens is 1810 g/mol. The van der Waals surface area contributed by atoms with Gasteiger partial charge in [0.15, 0.2) is 69.0 Å². The van der Waals surface area contributed by atoms with Crippen LogP contribution in [0.4, 0.5) is 0 Å². The van der Waals surface area contributed by atoms with Crippen molar-refractivity contribution in [3.8, 4) is 86.2 Å². The molecular formula is C127H186O18. The van der Waals surface area contributed by atoms with Gasteiger partial charge < -0.3 is 86.0 Å². The number of hydrogen-bond donors (Lipinski definition) is 2. The van der Waals surface area contributed by atoms with Gasteiger partial charge in [0.25, 0.3) is 0 Å². The minimum Gasteiger partial charge on any atom is -0.504 e. The number of rotatable bonds is 36. The minimum atomic E-state index is -0.600. The summed E-state index contributed by atoms with van der Waals surface area (Å²) < 4.78 is 93.8. The Bertz CT molecular complexity index is 5370. The number of fused-ring (bicyclic) bond motifs is 4. The van der Waals surface area contributed by atoms with Crippen LogP contribution in [-0.2, 0) is 27.1 Å². The quantitative estimate of drug-likeness (QED) is 0.0278. The third-order valence-electron chi connectivity index (χ3n) is 28.0. The Balaban J connectivity index is 0.000000209. The van der Waals surface area contributed by atoms with E-state index < -0.39 is 13.0 Å². The van der Waals surface area contributed by atoms with Crippen LogP contribution >= 0.6 is 0 Å². The molecule has 9 aromatic carbocycles. The molecule has 0 radical (unpaired) electrons. The summed E-state index contributed by atoms with van der Waals surface area (Å²) in [6.07, 6.45) is 18.1. The number of aromatic hydroxyl groups is 2. The van der Waals surface area contributed by atoms with Gasteiger partial charge in [-0.25, -0.2) is 0 Å². The van der Waals surface area contributed by atoms with Crippen LogP contribution in [0.15, 0.2) is 170 Å². The van der Waals surface area contributed by atoms with E-state index in [1.54, 1.807) is 20.3 Å². The standard InChI is InChI=1S/C28H30O2.C20H34O2.C19H32O3.C18H30O2.C16H24O3.C14H20O3.C12H16O3/c1-3-19(2)22-14-17-27(29-25-15-12-20-8-4-6-10-23(20)25)28(18-22)30-26-16-13-21-9-5-7-11-24(21)26;1-9-15(4)16-12-13-17(21-19(5,6)10-2)18(14-16)22-20(7,8)11-3;1-9-14(4)15-10-11-16(22-19(5,6)7)17(12-15)21-18(20-8)13(2)3;1-9-13(2)14-10-15(19-17(3,4)5)12-16(11-14)20-18(6,7)8;1-4-11(2)12-9-13(17)15(18)14(10-12)19-16(3)7-5-6-8-16;1-5-10(4)11-6-7-12-13(8-11)17-14(16-12)15-9(2)3;1-4-8(2)9-5-6-10-11(7-9)15-12(13-3)14-10/h4-11,14,17-19,25-26H,3,12-13,15-16H2,1-2H3;12-15H,9-11H2,1-8H3;10-14,18H,9H2,1-8H3;10-13H,9H2,1-8H3;9-11,17-18H,4-8H2,1-3H3;6-10,14H,5H2,1-4H3;5-8,12H,4H2,1-3H3. The zero-order valence-corrected chi connectivity index (χ0v) is 95.7. The number of hydrogen-bond acceptors (Lipinski definition) is 18. The third kappa shape index (κ3) is 37.3. The van der Waals surface area contributed by atoms with Crippen molar-refractivity contribution >= 4 is 0 Å². The summed E-state index contributed by atoms with van der Waals surface area (Å²) >= 11 is 0. The van der Waals surface area contributed by atoms with Crippen LogP contribution in [0.1, 0.15) is 447 Å². The average molecular weight is 2000 g/mol. The van der Waals surface area contributed by atoms with Crippen LogP contribution in [0.3, 0.4) is 0 Å². The maximum Gasteiger partial charge on any atom is 0.361 e. The van der Waals surface area contributed by atoms with E-state index >= 15 is 0 Å². The van der Waals surface area contributed by atoms with Gasteiger partial charge in [-0.3, -0.25) is 0 Å². The second kappa shape index (κ2) is 55.2. The van der Waals surface area contributed by atoms with Crippen LogP contribution in [-0.4, -0.2) is 83.4 Å². The molecule has 18 heteroatoms. The first-order valence-corrected chi connectivity index (χ1v) is 54.4. The van der Waals surface area contributed by atoms with E-state index in [1.807, 2.05) is 77.1 Å². The second-order valence-corrected chi connectivity index (χ2v) is 45.3. The van der Waals surface area contributed by atoms with E-state index in [1.165, 1.54) is 55.6 Å². The molecule has 0 spiro atoms. The lowest BCUT2D eigenvalue weighted by Crippen LogP contribution is -2.30. The van der Waals surface area contributed by atoms with Crippen molar-refractivity contribution in [3.63, 3.8) is 0 Å². The van der Waals surface area contributed by atoms with Gasteiger partial charge in [0.05, 0.1) is 6.10 Å². The zero-order valence-electron chi connectivity index (χ0n) is 95.7. The van der Waals surface area contributed by atoms with Gasteiger partial charge in [-0.2, -0.15) is 0 Å². The van der Waals surface area contributed by atoms with Gasteiger partial charge in [0.1, 0.15) is 57.3 Å². The topological polar surface area (TPSA) is 188 Å². The Kier molecular flexibility index (Phi) is 45.7. The molecule has 0 saturated heterocycles. The highest BCUT2D eigenvalue weighted by molar-refractivity contribution is 5.54. The Morgan fingerprint density at radius 3 is 1.13 bits per heavy atom. The van der Waals surface area contributed by atoms with Gasteiger partial charge in [0.2, 0.25) is 12.0 Å². The smallest absolute Gasteiger partial charge is 0.361 e. The predicted molar refractivity (Wildman–Crippen MR) is 594 cm³/mol. The van der Waals surface area contributed by atoms with Crippen LogP contribution in [0.25, 0.3) is 0 Å². The molecule has 9 aromatic rings. The van der Waals surface area contributed by atoms with Crippen LogP contribution < -0.4 is 61.6 Å². The highest BCUT2D eigenvalue weighted by Gasteiger charge is 2.36. The highest BCUT2D eigenvalue weighted by atomic mass is 16.9. The first-order chi connectivity index (χ1) is 68.3. The number of ether oxygens (including phenoxy) is 16. The van der Waals surface area contributed by atoms with E-state index in [9.17, 15) is 10.2 Å². The molecule has 1 saturated carbocycles. The number of phenols is 2. The van der Waals surface area contributed by atoms with Crippen molar-refractivity contribution in [2.75, 3.05) is 14.2 Å². The molecule has 802 valence electrons. The summed E-state index contributed by atoms with van der Waals surface area (Å²) in [4.78, 5) is 0. The molecule has 145 heavy (non-hydrogen) atoms. The molecule has 1 fully saturated rings. The van der Waals surface area contributed by atoms with Crippen molar-refractivity contribution < 1.29 is 86.0 Å². The lowest BCUT2D eigenvalue weighted by Gasteiger charge is -2.30. The molecule has 2 heterocycles. The Hall–Kier alpha value is -10.1. The number of phenolic OH excluding ortho intramolecular Hbond substituents is 2. The summed E-state index contributed by atoms with van der Waals surface area (Å²) in [5.74, 6) is 13.7. The van der Waals surface area contributed by atoms with Crippen LogP contribution in [0, 0.1) is 5.92 Å². The monoisotopic (exact) mass is 2000 g/mol. The molecule has 18 nitrogen and oxygen atoms in total. The molecule has 14 rings (SSSR count). The van der Waals surface area contributed by atoms with E-state index in [0.717, 1.165) is 184 Å². The van der Waals surface area contributed by atoms with Crippen molar-refractivity contribution in [1.82, 2.24) is 0 Å². The van der Waals surface area contributed by atoms with Gasteiger partial charge in [-0.1, -0.05) is 203 Å². The Morgan fingerprint density at radius 1 is 0.359 bits per heavy atom. The molecule has 0 amide bonds. The fourth-order valence-electron chi connectivity index (χ4n) is 17.0. The summed E-state index contributed by atoms with van der Waals surface area (Å²) in [7, 11) is 3.24. The third-order valence-corrected chi connectivity index (χ3v) is 28.0. The fourth-order valence-corrected chi connectivity index (χ4v) is 17.0. The van der Waals surface area contributed by atoms with Crippen molar-refractivity contribution in [2.45, 2.75) is 457 Å². The predicted octanol–water partition coefficient (Wildman–Crippen LogP) is 35.5. The van der Waals surface area contributed by atoms with Crippen LogP contribution in [0.2, 0.25) is 0 Å². The number of methoxy groups -OCH3 is 2. The summed E-state index contributed by atoms with van der Waals surface area (Å²) in [5, 5.41) is 19.8. The second-order valence-electron chi connectivity index (χ2n) is 45.3. The van der Waals surface area contributed by atoms with Gasteiger partial charge >= 0.3 is 13.0 Å². The summed E-state index contributed by atoms with van der Waals surface area (Å²) in [6, 6.07) is 58.4. The molecule has 12 atom stereocenters. The molecule has 3 aliphatic carbocycles. The van der Waals surface area contributed by atoms with E-state index in [-0.39, 0.29) is 75.6 Å². The maximum absolute atomic E-state index is 9.98. The lowest BCUT2D eigenvalue weighted by molar-refractivity contribution is -0.196.